The van der Waals surface area contributed by atoms with E-state index in [0.717, 1.165) is 30.4 Å². The van der Waals surface area contributed by atoms with Gasteiger partial charge < -0.3 is 9.73 Å². The maximum Gasteiger partial charge on any atom is 0.134 e. The molecule has 1 aromatic carbocycles. The van der Waals surface area contributed by atoms with Crippen molar-refractivity contribution in [3.63, 3.8) is 0 Å². The molecule has 0 unspecified atom stereocenters. The van der Waals surface area contributed by atoms with Crippen LogP contribution in [0.4, 0.5) is 0 Å². The molecule has 0 amide bonds. The number of furan rings is 1. The molecule has 0 radical (unpaired) electrons. The average molecular weight is 285 g/mol. The monoisotopic (exact) mass is 285 g/mol. The van der Waals surface area contributed by atoms with Gasteiger partial charge in [-0.15, -0.1) is 0 Å². The van der Waals surface area contributed by atoms with Gasteiger partial charge >= 0.3 is 0 Å². The molecule has 1 N–H and O–H groups in total. The predicted octanol–water partition coefficient (Wildman–Crippen LogP) is 5.13. The van der Waals surface area contributed by atoms with Gasteiger partial charge in [0.15, 0.2) is 0 Å². The fourth-order valence-corrected chi connectivity index (χ4v) is 4.02. The SMILES string of the molecule is CC(C)CC1(CNCc2cc3ccccc3o2)CCCC1. The minimum atomic E-state index is 0.528. The first-order chi connectivity index (χ1) is 10.2. The van der Waals surface area contributed by atoms with Crippen molar-refractivity contribution in [1.82, 2.24) is 5.32 Å². The summed E-state index contributed by atoms with van der Waals surface area (Å²) >= 11 is 0. The number of benzene rings is 1. The van der Waals surface area contributed by atoms with E-state index >= 15 is 0 Å². The Morgan fingerprint density at radius 2 is 1.95 bits per heavy atom. The van der Waals surface area contributed by atoms with Crippen LogP contribution in [0.15, 0.2) is 34.7 Å². The summed E-state index contributed by atoms with van der Waals surface area (Å²) in [5, 5.41) is 4.86. The number of para-hydroxylation sites is 1. The van der Waals surface area contributed by atoms with Crippen molar-refractivity contribution >= 4 is 11.0 Å². The van der Waals surface area contributed by atoms with Gasteiger partial charge in [-0.05, 0) is 42.7 Å². The van der Waals surface area contributed by atoms with Crippen molar-refractivity contribution < 1.29 is 4.42 Å². The molecule has 2 aromatic rings. The molecule has 3 rings (SSSR count). The van der Waals surface area contributed by atoms with Crippen LogP contribution in [0.25, 0.3) is 11.0 Å². The van der Waals surface area contributed by atoms with Crippen LogP contribution in [0, 0.1) is 11.3 Å². The summed E-state index contributed by atoms with van der Waals surface area (Å²) in [7, 11) is 0. The molecule has 0 aliphatic heterocycles. The average Bonchev–Trinajstić information content (AvgIpc) is 3.04. The van der Waals surface area contributed by atoms with Crippen molar-refractivity contribution in [2.45, 2.75) is 52.5 Å². The largest absolute Gasteiger partial charge is 0.460 e. The number of hydrogen-bond donors (Lipinski definition) is 1. The Kier molecular flexibility index (Phi) is 4.34. The summed E-state index contributed by atoms with van der Waals surface area (Å²) < 4.78 is 5.88. The van der Waals surface area contributed by atoms with E-state index in [4.69, 9.17) is 4.42 Å². The van der Waals surface area contributed by atoms with Gasteiger partial charge in [-0.25, -0.2) is 0 Å². The first-order valence-electron chi connectivity index (χ1n) is 8.35. The molecule has 21 heavy (non-hydrogen) atoms. The molecule has 0 spiro atoms. The lowest BCUT2D eigenvalue weighted by Gasteiger charge is -2.31. The van der Waals surface area contributed by atoms with E-state index in [2.05, 4.69) is 37.4 Å². The third-order valence-electron chi connectivity index (χ3n) is 4.78. The summed E-state index contributed by atoms with van der Waals surface area (Å²) in [5.41, 5.74) is 1.52. The molecular weight excluding hydrogens is 258 g/mol. The highest BCUT2D eigenvalue weighted by molar-refractivity contribution is 5.77. The van der Waals surface area contributed by atoms with Crippen LogP contribution >= 0.6 is 0 Å². The first-order valence-corrected chi connectivity index (χ1v) is 8.35. The van der Waals surface area contributed by atoms with Gasteiger partial charge in [0.1, 0.15) is 11.3 Å². The zero-order valence-corrected chi connectivity index (χ0v) is 13.3. The van der Waals surface area contributed by atoms with Gasteiger partial charge in [0, 0.05) is 11.9 Å². The van der Waals surface area contributed by atoms with Gasteiger partial charge in [-0.3, -0.25) is 0 Å². The third kappa shape index (κ3) is 3.49. The smallest absolute Gasteiger partial charge is 0.134 e. The Morgan fingerprint density at radius 1 is 1.19 bits per heavy atom. The second-order valence-electron chi connectivity index (χ2n) is 7.16. The third-order valence-corrected chi connectivity index (χ3v) is 4.78. The normalized spacial score (nSPS) is 17.9. The second-order valence-corrected chi connectivity index (χ2v) is 7.16. The van der Waals surface area contributed by atoms with Crippen LogP contribution in [0.2, 0.25) is 0 Å². The lowest BCUT2D eigenvalue weighted by molar-refractivity contribution is 0.221. The maximum atomic E-state index is 5.88. The molecule has 1 saturated carbocycles. The van der Waals surface area contributed by atoms with Crippen molar-refractivity contribution in [3.8, 4) is 0 Å². The van der Waals surface area contributed by atoms with Crippen molar-refractivity contribution in [3.05, 3.63) is 36.1 Å². The van der Waals surface area contributed by atoms with Crippen molar-refractivity contribution in [1.29, 1.82) is 0 Å². The van der Waals surface area contributed by atoms with Gasteiger partial charge in [0.2, 0.25) is 0 Å². The number of hydrogen-bond acceptors (Lipinski definition) is 2. The molecule has 0 saturated heterocycles. The molecule has 1 aliphatic rings. The Balaban J connectivity index is 1.59. The molecule has 0 atom stereocenters. The first kappa shape index (κ1) is 14.6. The van der Waals surface area contributed by atoms with E-state index < -0.39 is 0 Å². The molecule has 1 fully saturated rings. The van der Waals surface area contributed by atoms with Crippen LogP contribution in [0.5, 0.6) is 0 Å². The fraction of sp³-hybridized carbons (Fsp3) is 0.579. The molecule has 2 heteroatoms. The summed E-state index contributed by atoms with van der Waals surface area (Å²) in [4.78, 5) is 0. The van der Waals surface area contributed by atoms with E-state index in [1.165, 1.54) is 37.5 Å². The number of rotatable bonds is 6. The molecular formula is C19H27NO. The van der Waals surface area contributed by atoms with Crippen LogP contribution in [-0.4, -0.2) is 6.54 Å². The van der Waals surface area contributed by atoms with E-state index in [-0.39, 0.29) is 0 Å². The Labute approximate surface area is 127 Å². The molecule has 1 heterocycles. The topological polar surface area (TPSA) is 25.2 Å². The summed E-state index contributed by atoms with van der Waals surface area (Å²) in [6.07, 6.45) is 6.93. The van der Waals surface area contributed by atoms with E-state index in [1.807, 2.05) is 12.1 Å². The second kappa shape index (κ2) is 6.23. The van der Waals surface area contributed by atoms with Crippen molar-refractivity contribution in [2.75, 3.05) is 6.54 Å². The Bertz CT molecular complexity index is 545. The Hall–Kier alpha value is -1.28. The summed E-state index contributed by atoms with van der Waals surface area (Å²) in [6, 6.07) is 10.4. The molecule has 2 nitrogen and oxygen atoms in total. The lowest BCUT2D eigenvalue weighted by Crippen LogP contribution is -2.33. The van der Waals surface area contributed by atoms with Crippen LogP contribution in [0.3, 0.4) is 0 Å². The summed E-state index contributed by atoms with van der Waals surface area (Å²) in [6.45, 7) is 6.66. The van der Waals surface area contributed by atoms with Crippen LogP contribution in [-0.2, 0) is 6.54 Å². The van der Waals surface area contributed by atoms with E-state index in [0.29, 0.717) is 5.41 Å². The highest BCUT2D eigenvalue weighted by Gasteiger charge is 2.33. The van der Waals surface area contributed by atoms with Gasteiger partial charge in [-0.2, -0.15) is 0 Å². The molecule has 1 aliphatic carbocycles. The number of nitrogens with one attached hydrogen (secondary N) is 1. The zero-order chi connectivity index (χ0) is 14.7. The quantitative estimate of drug-likeness (QED) is 0.796. The Morgan fingerprint density at radius 3 is 2.67 bits per heavy atom. The van der Waals surface area contributed by atoms with Crippen LogP contribution < -0.4 is 5.32 Å². The van der Waals surface area contributed by atoms with E-state index in [1.54, 1.807) is 0 Å². The lowest BCUT2D eigenvalue weighted by atomic mass is 9.78. The maximum absolute atomic E-state index is 5.88. The van der Waals surface area contributed by atoms with Crippen molar-refractivity contribution in [2.24, 2.45) is 11.3 Å². The van der Waals surface area contributed by atoms with Gasteiger partial charge in [0.25, 0.3) is 0 Å². The number of fused-ring (bicyclic) bond motifs is 1. The van der Waals surface area contributed by atoms with Gasteiger partial charge in [-0.1, -0.05) is 44.9 Å². The molecule has 0 bridgehead atoms. The highest BCUT2D eigenvalue weighted by atomic mass is 16.3. The molecule has 1 aromatic heterocycles. The van der Waals surface area contributed by atoms with Gasteiger partial charge in [0.05, 0.1) is 6.54 Å². The predicted molar refractivity (Wildman–Crippen MR) is 88.3 cm³/mol. The zero-order valence-electron chi connectivity index (χ0n) is 13.3. The molecule has 114 valence electrons. The van der Waals surface area contributed by atoms with Crippen LogP contribution in [0.1, 0.15) is 51.7 Å². The highest BCUT2D eigenvalue weighted by Crippen LogP contribution is 2.42. The fourth-order valence-electron chi connectivity index (χ4n) is 4.02. The minimum Gasteiger partial charge on any atom is -0.460 e. The summed E-state index contributed by atoms with van der Waals surface area (Å²) in [5.74, 6) is 1.84. The standard InChI is InChI=1S/C19H27NO/c1-15(2)12-19(9-5-6-10-19)14-20-13-17-11-16-7-3-4-8-18(16)21-17/h3-4,7-8,11,15,20H,5-6,9-10,12-14H2,1-2H3. The minimum absolute atomic E-state index is 0.528. The van der Waals surface area contributed by atoms with E-state index in [9.17, 15) is 0 Å².